The molecule has 0 saturated carbocycles. The van der Waals surface area contributed by atoms with Gasteiger partial charge in [0.25, 0.3) is 5.91 Å². The molecule has 24 heavy (non-hydrogen) atoms. The van der Waals surface area contributed by atoms with Gasteiger partial charge in [0.15, 0.2) is 6.10 Å². The van der Waals surface area contributed by atoms with Crippen LogP contribution in [0.15, 0.2) is 40.2 Å². The number of thiophene rings is 1. The maximum absolute atomic E-state index is 12.8. The maximum atomic E-state index is 12.8. The number of hydrogen-bond donors (Lipinski definition) is 0. The standard InChI is InChI=1S/C18H19BrN2O2S/c1-12(2)17(23-16-7-5-4-6-13(16)9-20)18(22)21(3)10-15-8-14(19)11-24-15/h4-8,11-12,17H,10H2,1-3H3. The van der Waals surface area contributed by atoms with Gasteiger partial charge in [-0.1, -0.05) is 26.0 Å². The van der Waals surface area contributed by atoms with E-state index in [1.54, 1.807) is 47.5 Å². The largest absolute Gasteiger partial charge is 0.479 e. The molecular formula is C18H19BrN2O2S. The zero-order chi connectivity index (χ0) is 17.7. The molecule has 1 amide bonds. The average molecular weight is 407 g/mol. The lowest BCUT2D eigenvalue weighted by Gasteiger charge is -2.27. The van der Waals surface area contributed by atoms with Crippen LogP contribution in [0, 0.1) is 17.2 Å². The molecule has 0 bridgehead atoms. The highest BCUT2D eigenvalue weighted by Gasteiger charge is 2.28. The summed E-state index contributed by atoms with van der Waals surface area (Å²) in [4.78, 5) is 15.6. The van der Waals surface area contributed by atoms with Gasteiger partial charge in [-0.05, 0) is 40.0 Å². The Morgan fingerprint density at radius 3 is 2.71 bits per heavy atom. The van der Waals surface area contributed by atoms with Gasteiger partial charge in [-0.25, -0.2) is 0 Å². The first-order chi connectivity index (χ1) is 11.4. The highest BCUT2D eigenvalue weighted by Crippen LogP contribution is 2.24. The fourth-order valence-electron chi connectivity index (χ4n) is 2.24. The molecule has 6 heteroatoms. The van der Waals surface area contributed by atoms with E-state index in [0.29, 0.717) is 17.9 Å². The summed E-state index contributed by atoms with van der Waals surface area (Å²) in [6.45, 7) is 4.40. The summed E-state index contributed by atoms with van der Waals surface area (Å²) in [5, 5.41) is 11.2. The van der Waals surface area contributed by atoms with Gasteiger partial charge in [0.1, 0.15) is 11.8 Å². The summed E-state index contributed by atoms with van der Waals surface area (Å²) in [5.41, 5.74) is 0.431. The van der Waals surface area contributed by atoms with Crippen molar-refractivity contribution >= 4 is 33.2 Å². The van der Waals surface area contributed by atoms with Gasteiger partial charge in [-0.15, -0.1) is 11.3 Å². The summed E-state index contributed by atoms with van der Waals surface area (Å²) >= 11 is 5.02. The number of likely N-dealkylation sites (N-methyl/N-ethyl adjacent to an activating group) is 1. The van der Waals surface area contributed by atoms with E-state index < -0.39 is 6.10 Å². The van der Waals surface area contributed by atoms with Crippen molar-refractivity contribution in [2.24, 2.45) is 5.92 Å². The molecule has 0 N–H and O–H groups in total. The molecule has 4 nitrogen and oxygen atoms in total. The molecule has 0 aliphatic carbocycles. The van der Waals surface area contributed by atoms with Crippen LogP contribution in [-0.2, 0) is 11.3 Å². The van der Waals surface area contributed by atoms with Crippen molar-refractivity contribution in [2.45, 2.75) is 26.5 Å². The summed E-state index contributed by atoms with van der Waals surface area (Å²) < 4.78 is 6.92. The number of ether oxygens (including phenoxy) is 1. The van der Waals surface area contributed by atoms with Crippen molar-refractivity contribution in [3.05, 3.63) is 50.6 Å². The van der Waals surface area contributed by atoms with Crippen LogP contribution in [0.1, 0.15) is 24.3 Å². The van der Waals surface area contributed by atoms with Crippen molar-refractivity contribution < 1.29 is 9.53 Å². The monoisotopic (exact) mass is 406 g/mol. The topological polar surface area (TPSA) is 53.3 Å². The van der Waals surface area contributed by atoms with E-state index in [0.717, 1.165) is 9.35 Å². The lowest BCUT2D eigenvalue weighted by atomic mass is 10.1. The lowest BCUT2D eigenvalue weighted by Crippen LogP contribution is -2.42. The third-order valence-electron chi connectivity index (χ3n) is 3.50. The quantitative estimate of drug-likeness (QED) is 0.711. The van der Waals surface area contributed by atoms with Crippen LogP contribution in [0.25, 0.3) is 0 Å². The third kappa shape index (κ3) is 4.59. The van der Waals surface area contributed by atoms with E-state index in [9.17, 15) is 10.1 Å². The van der Waals surface area contributed by atoms with E-state index >= 15 is 0 Å². The molecule has 0 saturated heterocycles. The highest BCUT2D eigenvalue weighted by atomic mass is 79.9. The SMILES string of the molecule is CC(C)C(Oc1ccccc1C#N)C(=O)N(C)Cc1cc(Br)cs1. The minimum absolute atomic E-state index is 0.0122. The Labute approximate surface area is 154 Å². The van der Waals surface area contributed by atoms with Gasteiger partial charge < -0.3 is 9.64 Å². The van der Waals surface area contributed by atoms with Crippen molar-refractivity contribution in [3.63, 3.8) is 0 Å². The second kappa shape index (κ2) is 8.32. The second-order valence-electron chi connectivity index (χ2n) is 5.82. The second-order valence-corrected chi connectivity index (χ2v) is 7.73. The van der Waals surface area contributed by atoms with Crippen LogP contribution in [0.3, 0.4) is 0 Å². The predicted molar refractivity (Wildman–Crippen MR) is 98.9 cm³/mol. The Morgan fingerprint density at radius 1 is 1.42 bits per heavy atom. The Morgan fingerprint density at radius 2 is 2.12 bits per heavy atom. The first-order valence-corrected chi connectivity index (χ1v) is 9.23. The Kier molecular flexibility index (Phi) is 6.41. The minimum Gasteiger partial charge on any atom is -0.479 e. The van der Waals surface area contributed by atoms with Crippen LogP contribution in [0.2, 0.25) is 0 Å². The van der Waals surface area contributed by atoms with Crippen LogP contribution < -0.4 is 4.74 Å². The number of hydrogen-bond acceptors (Lipinski definition) is 4. The fourth-order valence-corrected chi connectivity index (χ4v) is 3.74. The number of nitrogens with zero attached hydrogens (tertiary/aromatic N) is 2. The molecule has 0 aliphatic heterocycles. The Hall–Kier alpha value is -1.84. The zero-order valence-electron chi connectivity index (χ0n) is 13.8. The van der Waals surface area contributed by atoms with Crippen LogP contribution in [0.5, 0.6) is 5.75 Å². The van der Waals surface area contributed by atoms with Crippen LogP contribution >= 0.6 is 27.3 Å². The van der Waals surface area contributed by atoms with Crippen LogP contribution in [0.4, 0.5) is 0 Å². The molecular weight excluding hydrogens is 388 g/mol. The molecule has 0 aliphatic rings. The van der Waals surface area contributed by atoms with Gasteiger partial charge in [-0.3, -0.25) is 4.79 Å². The van der Waals surface area contributed by atoms with Gasteiger partial charge in [0, 0.05) is 21.8 Å². The number of amides is 1. The van der Waals surface area contributed by atoms with Gasteiger partial charge in [-0.2, -0.15) is 5.26 Å². The van der Waals surface area contributed by atoms with E-state index in [-0.39, 0.29) is 11.8 Å². The number of benzene rings is 1. The summed E-state index contributed by atoms with van der Waals surface area (Å²) in [6.07, 6.45) is -0.632. The summed E-state index contributed by atoms with van der Waals surface area (Å²) in [6, 6.07) is 11.1. The summed E-state index contributed by atoms with van der Waals surface area (Å²) in [5.74, 6) is 0.336. The van der Waals surface area contributed by atoms with E-state index in [2.05, 4.69) is 22.0 Å². The Bertz CT molecular complexity index is 751. The van der Waals surface area contributed by atoms with Gasteiger partial charge in [0.2, 0.25) is 0 Å². The molecule has 0 radical (unpaired) electrons. The van der Waals surface area contributed by atoms with E-state index in [1.165, 1.54) is 0 Å². The average Bonchev–Trinajstić information content (AvgIpc) is 2.96. The van der Waals surface area contributed by atoms with Gasteiger partial charge in [0.05, 0.1) is 12.1 Å². The first-order valence-electron chi connectivity index (χ1n) is 7.56. The number of carbonyl (C=O) groups excluding carboxylic acids is 1. The van der Waals surface area contributed by atoms with Gasteiger partial charge >= 0.3 is 0 Å². The minimum atomic E-state index is -0.632. The van der Waals surface area contributed by atoms with E-state index in [1.807, 2.05) is 25.3 Å². The molecule has 126 valence electrons. The van der Waals surface area contributed by atoms with E-state index in [4.69, 9.17) is 4.74 Å². The first kappa shape index (κ1) is 18.5. The highest BCUT2D eigenvalue weighted by molar-refractivity contribution is 9.10. The predicted octanol–water partition coefficient (Wildman–Crippen LogP) is 4.44. The van der Waals surface area contributed by atoms with Crippen molar-refractivity contribution in [2.75, 3.05) is 7.05 Å². The van der Waals surface area contributed by atoms with Crippen molar-refractivity contribution in [3.8, 4) is 11.8 Å². The molecule has 1 atom stereocenters. The number of para-hydroxylation sites is 1. The number of halogens is 1. The fraction of sp³-hybridized carbons (Fsp3) is 0.333. The van der Waals surface area contributed by atoms with Crippen molar-refractivity contribution in [1.82, 2.24) is 4.90 Å². The Balaban J connectivity index is 2.14. The molecule has 2 aromatic rings. The molecule has 1 aromatic carbocycles. The zero-order valence-corrected chi connectivity index (χ0v) is 16.2. The molecule has 0 fully saturated rings. The smallest absolute Gasteiger partial charge is 0.263 e. The normalized spacial score (nSPS) is 11.8. The van der Waals surface area contributed by atoms with Crippen LogP contribution in [-0.4, -0.2) is 24.0 Å². The number of rotatable bonds is 6. The molecule has 0 spiro atoms. The molecule has 1 aromatic heterocycles. The van der Waals surface area contributed by atoms with Crippen molar-refractivity contribution in [1.29, 1.82) is 5.26 Å². The lowest BCUT2D eigenvalue weighted by molar-refractivity contribution is -0.139. The maximum Gasteiger partial charge on any atom is 0.263 e. The number of nitriles is 1. The molecule has 2 rings (SSSR count). The summed E-state index contributed by atoms with van der Waals surface area (Å²) in [7, 11) is 1.77. The third-order valence-corrected chi connectivity index (χ3v) is 5.18. The number of carbonyl (C=O) groups is 1. The molecule has 1 heterocycles. The molecule has 1 unspecified atom stereocenters.